The molecule has 0 N–H and O–H groups in total. The van der Waals surface area contributed by atoms with Crippen molar-refractivity contribution in [2.75, 3.05) is 0 Å². The Morgan fingerprint density at radius 2 is 1.43 bits per heavy atom. The molecule has 0 saturated carbocycles. The van der Waals surface area contributed by atoms with Gasteiger partial charge in [0.1, 0.15) is 0 Å². The maximum absolute atomic E-state index is 12.7. The molecule has 0 spiro atoms. The van der Waals surface area contributed by atoms with Crippen LogP contribution in [0.3, 0.4) is 0 Å². The predicted molar refractivity (Wildman–Crippen MR) is 116 cm³/mol. The Labute approximate surface area is 163 Å². The van der Waals surface area contributed by atoms with Crippen LogP contribution in [0.1, 0.15) is 11.7 Å². The molecule has 0 radical (unpaired) electrons. The number of carbonyl (C=O) groups is 1. The minimum Gasteiger partial charge on any atom is -0.343 e. The lowest BCUT2D eigenvalue weighted by Crippen LogP contribution is -2.07. The van der Waals surface area contributed by atoms with Crippen molar-refractivity contribution in [1.82, 2.24) is 9.13 Å². The Balaban J connectivity index is 1.97. The van der Waals surface area contributed by atoms with Crippen molar-refractivity contribution in [2.24, 2.45) is 7.05 Å². The van der Waals surface area contributed by atoms with Gasteiger partial charge in [-0.15, -0.1) is 0 Å². The van der Waals surface area contributed by atoms with E-state index in [1.165, 1.54) is 0 Å². The minimum atomic E-state index is 0.0168. The smallest absolute Gasteiger partial charge is 0.228 e. The summed E-state index contributed by atoms with van der Waals surface area (Å²) < 4.78 is 4.06. The molecule has 136 valence electrons. The van der Waals surface area contributed by atoms with Crippen LogP contribution in [0.15, 0.2) is 84.9 Å². The summed E-state index contributed by atoms with van der Waals surface area (Å²) in [6, 6.07) is 29.0. The highest BCUT2D eigenvalue weighted by Gasteiger charge is 2.23. The van der Waals surface area contributed by atoms with Gasteiger partial charge in [-0.2, -0.15) is 0 Å². The van der Waals surface area contributed by atoms with Crippen molar-refractivity contribution in [2.45, 2.75) is 6.92 Å². The zero-order valence-electron chi connectivity index (χ0n) is 15.9. The Kier molecular flexibility index (Phi) is 3.69. The molecular formula is C25H20N2O. The number of carbonyl (C=O) groups excluding carboxylic acids is 1. The number of para-hydroxylation sites is 2. The van der Waals surface area contributed by atoms with Gasteiger partial charge in [-0.25, -0.2) is 0 Å². The second kappa shape index (κ2) is 6.24. The molecule has 0 saturated heterocycles. The molecule has 5 rings (SSSR count). The summed E-state index contributed by atoms with van der Waals surface area (Å²) >= 11 is 0. The zero-order valence-corrected chi connectivity index (χ0v) is 15.9. The molecule has 3 aromatic carbocycles. The normalized spacial score (nSPS) is 11.4. The lowest BCUT2D eigenvalue weighted by Gasteiger charge is -2.11. The van der Waals surface area contributed by atoms with Crippen molar-refractivity contribution in [3.8, 4) is 22.5 Å². The molecule has 3 heteroatoms. The van der Waals surface area contributed by atoms with E-state index in [0.717, 1.165) is 44.3 Å². The van der Waals surface area contributed by atoms with Gasteiger partial charge >= 0.3 is 0 Å². The summed E-state index contributed by atoms with van der Waals surface area (Å²) in [7, 11) is 2.09. The molecule has 0 atom stereocenters. The maximum Gasteiger partial charge on any atom is 0.228 e. The van der Waals surface area contributed by atoms with Crippen molar-refractivity contribution in [3.05, 3.63) is 84.9 Å². The summed E-state index contributed by atoms with van der Waals surface area (Å²) in [4.78, 5) is 12.7. The number of aryl methyl sites for hydroxylation is 1. The molecule has 0 aliphatic heterocycles. The number of nitrogens with zero attached hydrogens (tertiary/aromatic N) is 2. The molecule has 3 nitrogen and oxygen atoms in total. The summed E-state index contributed by atoms with van der Waals surface area (Å²) in [5.74, 6) is 0.0168. The molecule has 0 aliphatic carbocycles. The van der Waals surface area contributed by atoms with Crippen LogP contribution in [0, 0.1) is 0 Å². The molecule has 2 aromatic heterocycles. The summed E-state index contributed by atoms with van der Waals surface area (Å²) in [5.41, 5.74) is 6.37. The van der Waals surface area contributed by atoms with Gasteiger partial charge in [0, 0.05) is 35.8 Å². The number of benzene rings is 3. The third-order valence-electron chi connectivity index (χ3n) is 5.44. The van der Waals surface area contributed by atoms with Gasteiger partial charge < -0.3 is 4.57 Å². The fourth-order valence-electron chi connectivity index (χ4n) is 4.26. The zero-order chi connectivity index (χ0) is 19.3. The molecule has 0 amide bonds. The Hall–Kier alpha value is -3.59. The topological polar surface area (TPSA) is 26.9 Å². The average molecular weight is 364 g/mol. The number of aromatic nitrogens is 2. The molecule has 0 fully saturated rings. The highest BCUT2D eigenvalue weighted by atomic mass is 16.1. The van der Waals surface area contributed by atoms with Gasteiger partial charge in [0.15, 0.2) is 0 Å². The van der Waals surface area contributed by atoms with Gasteiger partial charge in [-0.05, 0) is 23.8 Å². The second-order valence-corrected chi connectivity index (χ2v) is 7.11. The lowest BCUT2D eigenvalue weighted by molar-refractivity contribution is 0.0943. The predicted octanol–water partition coefficient (Wildman–Crippen LogP) is 6.13. The average Bonchev–Trinajstić information content (AvgIpc) is 3.24. The van der Waals surface area contributed by atoms with Crippen molar-refractivity contribution in [3.63, 3.8) is 0 Å². The van der Waals surface area contributed by atoms with Crippen molar-refractivity contribution >= 4 is 27.7 Å². The standard InChI is InChI=1S/C25H20N2O/c1-17(28)27-21-14-8-6-12-19(21)16-23(27)24-20-13-7-9-15-22(20)26(2)25(24)18-10-4-3-5-11-18/h3-16H,1-2H3. The van der Waals surface area contributed by atoms with Gasteiger partial charge in [0.05, 0.1) is 16.9 Å². The number of hydrogen-bond acceptors (Lipinski definition) is 1. The Morgan fingerprint density at radius 1 is 0.786 bits per heavy atom. The van der Waals surface area contributed by atoms with Crippen LogP contribution in [0.25, 0.3) is 44.3 Å². The van der Waals surface area contributed by atoms with Crippen LogP contribution in [0.4, 0.5) is 0 Å². The minimum absolute atomic E-state index is 0.0168. The largest absolute Gasteiger partial charge is 0.343 e. The number of hydrogen-bond donors (Lipinski definition) is 0. The molecule has 0 bridgehead atoms. The van der Waals surface area contributed by atoms with E-state index < -0.39 is 0 Å². The van der Waals surface area contributed by atoms with Crippen molar-refractivity contribution in [1.29, 1.82) is 0 Å². The number of fused-ring (bicyclic) bond motifs is 2. The van der Waals surface area contributed by atoms with E-state index in [1.54, 1.807) is 6.92 Å². The first-order chi connectivity index (χ1) is 13.7. The van der Waals surface area contributed by atoms with E-state index in [0.29, 0.717) is 0 Å². The third-order valence-corrected chi connectivity index (χ3v) is 5.44. The molecule has 28 heavy (non-hydrogen) atoms. The first-order valence-electron chi connectivity index (χ1n) is 9.41. The SMILES string of the molecule is CC(=O)n1c(-c2c(-c3ccccc3)n(C)c3ccccc23)cc2ccccc21. The fourth-order valence-corrected chi connectivity index (χ4v) is 4.26. The van der Waals surface area contributed by atoms with E-state index in [-0.39, 0.29) is 5.91 Å². The molecule has 0 unspecified atom stereocenters. The molecular weight excluding hydrogens is 344 g/mol. The summed E-state index contributed by atoms with van der Waals surface area (Å²) in [6.45, 7) is 1.63. The fraction of sp³-hybridized carbons (Fsp3) is 0.0800. The Bertz CT molecular complexity index is 1340. The van der Waals surface area contributed by atoms with E-state index in [2.05, 4.69) is 72.3 Å². The van der Waals surface area contributed by atoms with E-state index in [1.807, 2.05) is 28.8 Å². The van der Waals surface area contributed by atoms with Crippen LogP contribution in [-0.2, 0) is 7.05 Å². The van der Waals surface area contributed by atoms with Crippen LogP contribution in [0.2, 0.25) is 0 Å². The van der Waals surface area contributed by atoms with Gasteiger partial charge in [-0.1, -0.05) is 66.7 Å². The van der Waals surface area contributed by atoms with Crippen LogP contribution < -0.4 is 0 Å². The highest BCUT2D eigenvalue weighted by molar-refractivity contribution is 6.08. The highest BCUT2D eigenvalue weighted by Crippen LogP contribution is 2.42. The van der Waals surface area contributed by atoms with Crippen LogP contribution in [0.5, 0.6) is 0 Å². The van der Waals surface area contributed by atoms with Gasteiger partial charge in [-0.3, -0.25) is 9.36 Å². The van der Waals surface area contributed by atoms with E-state index in [4.69, 9.17) is 0 Å². The van der Waals surface area contributed by atoms with Crippen LogP contribution in [-0.4, -0.2) is 15.0 Å². The molecule has 0 aliphatic rings. The first kappa shape index (κ1) is 16.6. The summed E-state index contributed by atoms with van der Waals surface area (Å²) in [5, 5.41) is 2.22. The third kappa shape index (κ3) is 2.33. The lowest BCUT2D eigenvalue weighted by atomic mass is 10.0. The molecule has 5 aromatic rings. The quantitative estimate of drug-likeness (QED) is 0.370. The first-order valence-corrected chi connectivity index (χ1v) is 9.41. The summed E-state index contributed by atoms with van der Waals surface area (Å²) in [6.07, 6.45) is 0. The van der Waals surface area contributed by atoms with E-state index in [9.17, 15) is 4.79 Å². The Morgan fingerprint density at radius 3 is 2.18 bits per heavy atom. The van der Waals surface area contributed by atoms with Crippen molar-refractivity contribution < 1.29 is 4.79 Å². The van der Waals surface area contributed by atoms with Gasteiger partial charge in [0.25, 0.3) is 0 Å². The van der Waals surface area contributed by atoms with Gasteiger partial charge in [0.2, 0.25) is 5.91 Å². The monoisotopic (exact) mass is 364 g/mol. The maximum atomic E-state index is 12.7. The van der Waals surface area contributed by atoms with E-state index >= 15 is 0 Å². The number of rotatable bonds is 2. The molecule has 2 heterocycles. The second-order valence-electron chi connectivity index (χ2n) is 7.11. The van der Waals surface area contributed by atoms with Crippen LogP contribution >= 0.6 is 0 Å².